The van der Waals surface area contributed by atoms with Crippen LogP contribution in [0.1, 0.15) is 51.8 Å². The van der Waals surface area contributed by atoms with E-state index in [0.29, 0.717) is 33.0 Å². The highest BCUT2D eigenvalue weighted by Crippen LogP contribution is 2.32. The third kappa shape index (κ3) is 5.19. The number of rotatable bonds is 8. The number of allylic oxidation sites excluding steroid dienone is 1. The molecular formula is C32H32N2O5S. The van der Waals surface area contributed by atoms with E-state index in [1.165, 1.54) is 11.3 Å². The molecule has 4 aromatic rings. The van der Waals surface area contributed by atoms with E-state index in [1.807, 2.05) is 87.5 Å². The van der Waals surface area contributed by atoms with Crippen LogP contribution in [0.2, 0.25) is 0 Å². The third-order valence-electron chi connectivity index (χ3n) is 6.59. The maximum Gasteiger partial charge on any atom is 0.338 e. The first-order chi connectivity index (χ1) is 19.3. The number of hydrogen-bond acceptors (Lipinski definition) is 7. The minimum absolute atomic E-state index is 0.0273. The number of carbonyl (C=O) groups excluding carboxylic acids is 1. The first-order valence-corrected chi connectivity index (χ1v) is 14.2. The lowest BCUT2D eigenvalue weighted by molar-refractivity contribution is -0.139. The number of fused-ring (bicyclic) bond motifs is 2. The van der Waals surface area contributed by atoms with E-state index in [2.05, 4.69) is 4.99 Å². The quantitative estimate of drug-likeness (QED) is 0.281. The summed E-state index contributed by atoms with van der Waals surface area (Å²) in [6, 6.07) is 18.7. The van der Waals surface area contributed by atoms with Crippen molar-refractivity contribution in [2.75, 3.05) is 13.2 Å². The standard InChI is InChI=1S/C32H32N2O5S/c1-6-37-26-17-14-22(24-10-8-9-11-25(24)26)18-27-30(35)34-29(21-12-15-23(16-13-21)39-19(3)4)28(31(36)38-7-2)20(5)33-32(34)40-27/h8-19,29H,6-7H2,1-5H3/b27-18+/t29-/m1/s1. The van der Waals surface area contributed by atoms with E-state index in [4.69, 9.17) is 14.2 Å². The monoisotopic (exact) mass is 556 g/mol. The summed E-state index contributed by atoms with van der Waals surface area (Å²) in [4.78, 5) is 32.4. The maximum atomic E-state index is 14.0. The second-order valence-corrected chi connectivity index (χ2v) is 10.7. The first-order valence-electron chi connectivity index (χ1n) is 13.4. The van der Waals surface area contributed by atoms with E-state index >= 15 is 0 Å². The van der Waals surface area contributed by atoms with E-state index in [9.17, 15) is 9.59 Å². The Morgan fingerprint density at radius 1 is 1.02 bits per heavy atom. The molecule has 1 atom stereocenters. The summed E-state index contributed by atoms with van der Waals surface area (Å²) in [6.07, 6.45) is 1.92. The number of hydrogen-bond donors (Lipinski definition) is 0. The van der Waals surface area contributed by atoms with Crippen LogP contribution in [0.15, 0.2) is 81.7 Å². The summed E-state index contributed by atoms with van der Waals surface area (Å²) in [5, 5.41) is 1.97. The predicted molar refractivity (Wildman–Crippen MR) is 158 cm³/mol. The molecule has 206 valence electrons. The number of ether oxygens (including phenoxy) is 3. The molecule has 0 radical (unpaired) electrons. The largest absolute Gasteiger partial charge is 0.493 e. The van der Waals surface area contributed by atoms with Crippen LogP contribution in [0.4, 0.5) is 0 Å². The van der Waals surface area contributed by atoms with Gasteiger partial charge in [-0.15, -0.1) is 0 Å². The number of thiazole rings is 1. The average molecular weight is 557 g/mol. The van der Waals surface area contributed by atoms with Gasteiger partial charge in [-0.25, -0.2) is 9.79 Å². The van der Waals surface area contributed by atoms with Gasteiger partial charge in [0.05, 0.1) is 41.2 Å². The van der Waals surface area contributed by atoms with Crippen LogP contribution in [-0.2, 0) is 9.53 Å². The van der Waals surface area contributed by atoms with Crippen molar-refractivity contribution in [3.05, 3.63) is 103 Å². The second kappa shape index (κ2) is 11.5. The van der Waals surface area contributed by atoms with Crippen molar-refractivity contribution in [2.45, 2.75) is 46.8 Å². The van der Waals surface area contributed by atoms with E-state index in [0.717, 1.165) is 27.6 Å². The van der Waals surface area contributed by atoms with Crippen molar-refractivity contribution < 1.29 is 19.0 Å². The van der Waals surface area contributed by atoms with Gasteiger partial charge in [-0.2, -0.15) is 0 Å². The highest BCUT2D eigenvalue weighted by molar-refractivity contribution is 7.07. The van der Waals surface area contributed by atoms with Crippen LogP contribution in [0.25, 0.3) is 16.8 Å². The maximum absolute atomic E-state index is 14.0. The minimum atomic E-state index is -0.678. The molecule has 8 heteroatoms. The normalized spacial score (nSPS) is 15.2. The number of aromatic nitrogens is 1. The summed E-state index contributed by atoms with van der Waals surface area (Å²) in [7, 11) is 0. The molecule has 0 N–H and O–H groups in total. The van der Waals surface area contributed by atoms with Crippen molar-refractivity contribution in [1.82, 2.24) is 4.57 Å². The molecule has 1 aliphatic rings. The number of benzene rings is 3. The molecule has 2 heterocycles. The van der Waals surface area contributed by atoms with Gasteiger partial charge in [0.15, 0.2) is 4.80 Å². The molecule has 0 aliphatic carbocycles. The van der Waals surface area contributed by atoms with Crippen molar-refractivity contribution in [1.29, 1.82) is 0 Å². The topological polar surface area (TPSA) is 79.1 Å². The van der Waals surface area contributed by atoms with Crippen LogP contribution < -0.4 is 24.4 Å². The van der Waals surface area contributed by atoms with Gasteiger partial charge in [0.1, 0.15) is 11.5 Å². The molecule has 0 amide bonds. The van der Waals surface area contributed by atoms with Gasteiger partial charge in [0.25, 0.3) is 5.56 Å². The molecule has 7 nitrogen and oxygen atoms in total. The van der Waals surface area contributed by atoms with E-state index < -0.39 is 12.0 Å². The summed E-state index contributed by atoms with van der Waals surface area (Å²) < 4.78 is 19.2. The molecule has 1 aliphatic heterocycles. The molecule has 5 rings (SSSR count). The Bertz CT molecular complexity index is 1780. The van der Waals surface area contributed by atoms with Gasteiger partial charge in [0.2, 0.25) is 0 Å². The van der Waals surface area contributed by atoms with Crippen LogP contribution >= 0.6 is 11.3 Å². The lowest BCUT2D eigenvalue weighted by atomic mass is 9.96. The highest BCUT2D eigenvalue weighted by atomic mass is 32.1. The van der Waals surface area contributed by atoms with Gasteiger partial charge < -0.3 is 14.2 Å². The Labute approximate surface area is 236 Å². The molecule has 0 fully saturated rings. The molecule has 0 saturated carbocycles. The molecule has 1 aromatic heterocycles. The molecule has 0 unspecified atom stereocenters. The van der Waals surface area contributed by atoms with E-state index in [-0.39, 0.29) is 18.3 Å². The Morgan fingerprint density at radius 3 is 2.42 bits per heavy atom. The zero-order chi connectivity index (χ0) is 28.4. The van der Waals surface area contributed by atoms with Crippen molar-refractivity contribution in [2.24, 2.45) is 4.99 Å². The summed E-state index contributed by atoms with van der Waals surface area (Å²) >= 11 is 1.31. The Hall–Kier alpha value is -4.17. The fourth-order valence-electron chi connectivity index (χ4n) is 4.95. The molecule has 3 aromatic carbocycles. The third-order valence-corrected chi connectivity index (χ3v) is 7.57. The predicted octanol–water partition coefficient (Wildman–Crippen LogP) is 5.14. The fourth-order valence-corrected chi connectivity index (χ4v) is 5.99. The lowest BCUT2D eigenvalue weighted by Crippen LogP contribution is -2.39. The van der Waals surface area contributed by atoms with Crippen LogP contribution in [0.3, 0.4) is 0 Å². The summed E-state index contributed by atoms with van der Waals surface area (Å²) in [5.41, 5.74) is 2.34. The van der Waals surface area contributed by atoms with Crippen LogP contribution in [-0.4, -0.2) is 29.9 Å². The molecular weight excluding hydrogens is 524 g/mol. The molecule has 40 heavy (non-hydrogen) atoms. The van der Waals surface area contributed by atoms with Gasteiger partial charge >= 0.3 is 5.97 Å². The fraction of sp³-hybridized carbons (Fsp3) is 0.281. The average Bonchev–Trinajstić information content (AvgIpc) is 3.23. The van der Waals surface area contributed by atoms with Gasteiger partial charge in [-0.1, -0.05) is 53.8 Å². The molecule has 0 spiro atoms. The highest BCUT2D eigenvalue weighted by Gasteiger charge is 2.33. The Balaban J connectivity index is 1.69. The van der Waals surface area contributed by atoms with Crippen molar-refractivity contribution in [3.63, 3.8) is 0 Å². The van der Waals surface area contributed by atoms with Gasteiger partial charge in [0, 0.05) is 5.39 Å². The van der Waals surface area contributed by atoms with Gasteiger partial charge in [-0.3, -0.25) is 9.36 Å². The van der Waals surface area contributed by atoms with Crippen molar-refractivity contribution >= 4 is 34.2 Å². The first kappa shape index (κ1) is 27.4. The van der Waals surface area contributed by atoms with Gasteiger partial charge in [-0.05, 0) is 75.4 Å². The van der Waals surface area contributed by atoms with E-state index in [1.54, 1.807) is 18.4 Å². The summed E-state index contributed by atoms with van der Waals surface area (Å²) in [5.74, 6) is 1.03. The number of carbonyl (C=O) groups is 1. The summed E-state index contributed by atoms with van der Waals surface area (Å²) in [6.45, 7) is 10.2. The second-order valence-electron chi connectivity index (χ2n) is 9.67. The zero-order valence-electron chi connectivity index (χ0n) is 23.3. The number of nitrogens with zero attached hydrogens (tertiary/aromatic N) is 2. The SMILES string of the molecule is CCOC(=O)C1=C(C)N=c2s/c(=C/c3ccc(OCC)c4ccccc34)c(=O)n2[C@@H]1c1ccc(OC(C)C)cc1. The van der Waals surface area contributed by atoms with Crippen molar-refractivity contribution in [3.8, 4) is 11.5 Å². The van der Waals surface area contributed by atoms with Crippen LogP contribution in [0, 0.1) is 0 Å². The zero-order valence-corrected chi connectivity index (χ0v) is 24.1. The molecule has 0 saturated heterocycles. The Morgan fingerprint density at radius 2 is 1.75 bits per heavy atom. The lowest BCUT2D eigenvalue weighted by Gasteiger charge is -2.25. The molecule has 0 bridgehead atoms. The smallest absolute Gasteiger partial charge is 0.338 e. The minimum Gasteiger partial charge on any atom is -0.493 e. The number of esters is 1. The van der Waals surface area contributed by atoms with Crippen LogP contribution in [0.5, 0.6) is 11.5 Å². The Kier molecular flexibility index (Phi) is 7.89.